The van der Waals surface area contributed by atoms with Crippen LogP contribution in [0.2, 0.25) is 0 Å². The van der Waals surface area contributed by atoms with Crippen molar-refractivity contribution in [2.75, 3.05) is 17.3 Å². The molecule has 0 aliphatic carbocycles. The van der Waals surface area contributed by atoms with Crippen molar-refractivity contribution in [1.82, 2.24) is 0 Å². The maximum atomic E-state index is 11.2. The molecule has 0 aliphatic heterocycles. The molecule has 0 aliphatic rings. The first-order chi connectivity index (χ1) is 6.31. The van der Waals surface area contributed by atoms with Crippen LogP contribution < -0.4 is 0 Å². The lowest BCUT2D eigenvalue weighted by Crippen LogP contribution is -1.98. The summed E-state index contributed by atoms with van der Waals surface area (Å²) in [5.74, 6) is 2.73. The van der Waals surface area contributed by atoms with Gasteiger partial charge in [-0.15, -0.1) is 0 Å². The van der Waals surface area contributed by atoms with Crippen molar-refractivity contribution >= 4 is 32.4 Å². The van der Waals surface area contributed by atoms with Crippen molar-refractivity contribution in [3.63, 3.8) is 0 Å². The molecule has 1 unspecified atom stereocenters. The Labute approximate surface area is 92.0 Å². The molecule has 0 bridgehead atoms. The average molecular weight is 238 g/mol. The minimum Gasteiger partial charge on any atom is -0.259 e. The average Bonchev–Trinajstić information content (AvgIpc) is 2.11. The highest BCUT2D eigenvalue weighted by molar-refractivity contribution is 8.77. The van der Waals surface area contributed by atoms with Crippen LogP contribution in [0.15, 0.2) is 11.5 Å². The van der Waals surface area contributed by atoms with Crippen molar-refractivity contribution in [2.24, 2.45) is 0 Å². The SMILES string of the molecule is CCCSS/C=C/CS(=O)CCC. The summed E-state index contributed by atoms with van der Waals surface area (Å²) in [5, 5.41) is 2.05. The highest BCUT2D eigenvalue weighted by Crippen LogP contribution is 2.22. The molecule has 0 amide bonds. The first kappa shape index (κ1) is 13.6. The van der Waals surface area contributed by atoms with E-state index in [2.05, 4.69) is 13.8 Å². The van der Waals surface area contributed by atoms with Gasteiger partial charge in [0, 0.05) is 28.1 Å². The third-order valence-corrected chi connectivity index (χ3v) is 4.91. The maximum absolute atomic E-state index is 11.2. The fraction of sp³-hybridized carbons (Fsp3) is 0.778. The van der Waals surface area contributed by atoms with Gasteiger partial charge in [0.25, 0.3) is 0 Å². The number of rotatable bonds is 8. The van der Waals surface area contributed by atoms with Gasteiger partial charge in [0.1, 0.15) is 0 Å². The van der Waals surface area contributed by atoms with E-state index in [1.807, 2.05) is 22.3 Å². The maximum Gasteiger partial charge on any atom is 0.0423 e. The van der Waals surface area contributed by atoms with Crippen LogP contribution in [-0.2, 0) is 10.8 Å². The Kier molecular flexibility index (Phi) is 11.2. The van der Waals surface area contributed by atoms with Gasteiger partial charge in [-0.1, -0.05) is 41.5 Å². The molecule has 0 aromatic rings. The van der Waals surface area contributed by atoms with Gasteiger partial charge in [-0.2, -0.15) is 0 Å². The molecular formula is C9H18OS3. The Morgan fingerprint density at radius 3 is 2.69 bits per heavy atom. The zero-order valence-corrected chi connectivity index (χ0v) is 10.8. The summed E-state index contributed by atoms with van der Waals surface area (Å²) < 4.78 is 11.2. The van der Waals surface area contributed by atoms with Crippen molar-refractivity contribution in [3.05, 3.63) is 11.5 Å². The van der Waals surface area contributed by atoms with Crippen LogP contribution in [0.25, 0.3) is 0 Å². The normalized spacial score (nSPS) is 13.7. The van der Waals surface area contributed by atoms with Gasteiger partial charge >= 0.3 is 0 Å². The lowest BCUT2D eigenvalue weighted by atomic mass is 10.6. The Balaban J connectivity index is 3.25. The van der Waals surface area contributed by atoms with Gasteiger partial charge < -0.3 is 0 Å². The van der Waals surface area contributed by atoms with E-state index in [4.69, 9.17) is 0 Å². The quantitative estimate of drug-likeness (QED) is 0.476. The predicted octanol–water partition coefficient (Wildman–Crippen LogP) is 3.45. The fourth-order valence-corrected chi connectivity index (χ4v) is 3.50. The molecule has 4 heteroatoms. The Hall–Kier alpha value is 0.590. The zero-order valence-electron chi connectivity index (χ0n) is 8.32. The van der Waals surface area contributed by atoms with Crippen molar-refractivity contribution in [1.29, 1.82) is 0 Å². The van der Waals surface area contributed by atoms with Gasteiger partial charge in [-0.3, -0.25) is 4.21 Å². The van der Waals surface area contributed by atoms with Crippen molar-refractivity contribution in [2.45, 2.75) is 26.7 Å². The minimum atomic E-state index is -0.637. The minimum absolute atomic E-state index is 0.637. The number of hydrogen-bond acceptors (Lipinski definition) is 3. The largest absolute Gasteiger partial charge is 0.259 e. The fourth-order valence-electron chi connectivity index (χ4n) is 0.668. The van der Waals surface area contributed by atoms with E-state index in [9.17, 15) is 4.21 Å². The topological polar surface area (TPSA) is 17.1 Å². The van der Waals surface area contributed by atoms with Crippen molar-refractivity contribution in [3.8, 4) is 0 Å². The molecule has 0 radical (unpaired) electrons. The van der Waals surface area contributed by atoms with Crippen LogP contribution in [0.1, 0.15) is 26.7 Å². The van der Waals surface area contributed by atoms with Crippen LogP contribution in [0.3, 0.4) is 0 Å². The predicted molar refractivity (Wildman–Crippen MR) is 67.6 cm³/mol. The molecule has 78 valence electrons. The molecule has 0 N–H and O–H groups in total. The molecule has 0 fully saturated rings. The van der Waals surface area contributed by atoms with E-state index in [0.717, 1.165) is 12.2 Å². The van der Waals surface area contributed by atoms with Crippen LogP contribution >= 0.6 is 21.6 Å². The number of hydrogen-bond donors (Lipinski definition) is 0. The monoisotopic (exact) mass is 238 g/mol. The van der Waals surface area contributed by atoms with E-state index in [0.29, 0.717) is 5.75 Å². The van der Waals surface area contributed by atoms with E-state index >= 15 is 0 Å². The first-order valence-corrected chi connectivity index (χ1v) is 8.46. The van der Waals surface area contributed by atoms with Crippen LogP contribution in [-0.4, -0.2) is 21.5 Å². The van der Waals surface area contributed by atoms with Crippen LogP contribution in [0.5, 0.6) is 0 Å². The third-order valence-electron chi connectivity index (χ3n) is 1.22. The van der Waals surface area contributed by atoms with Crippen molar-refractivity contribution < 1.29 is 4.21 Å². The summed E-state index contributed by atoms with van der Waals surface area (Å²) in [5.41, 5.74) is 0. The van der Waals surface area contributed by atoms with E-state index in [1.54, 1.807) is 10.8 Å². The Bertz CT molecular complexity index is 157. The summed E-state index contributed by atoms with van der Waals surface area (Å²) in [7, 11) is 2.95. The molecule has 0 saturated carbocycles. The zero-order chi connectivity index (χ0) is 9.94. The summed E-state index contributed by atoms with van der Waals surface area (Å²) in [6, 6.07) is 0. The van der Waals surface area contributed by atoms with Gasteiger partial charge in [-0.25, -0.2) is 0 Å². The third kappa shape index (κ3) is 10.5. The summed E-state index contributed by atoms with van der Waals surface area (Å²) in [6.45, 7) is 4.24. The first-order valence-electron chi connectivity index (χ1n) is 4.59. The summed E-state index contributed by atoms with van der Waals surface area (Å²) >= 11 is 0. The van der Waals surface area contributed by atoms with E-state index in [-0.39, 0.29) is 0 Å². The van der Waals surface area contributed by atoms with Crippen LogP contribution in [0, 0.1) is 0 Å². The smallest absolute Gasteiger partial charge is 0.0423 e. The van der Waals surface area contributed by atoms with E-state index < -0.39 is 10.8 Å². The second-order valence-corrected chi connectivity index (χ2v) is 6.61. The second-order valence-electron chi connectivity index (χ2n) is 2.60. The molecule has 0 aromatic heterocycles. The molecule has 1 nitrogen and oxygen atoms in total. The summed E-state index contributed by atoms with van der Waals surface area (Å²) in [6.07, 6.45) is 4.24. The lowest BCUT2D eigenvalue weighted by Gasteiger charge is -1.94. The van der Waals surface area contributed by atoms with Gasteiger partial charge in [0.05, 0.1) is 0 Å². The molecule has 0 aromatic carbocycles. The Morgan fingerprint density at radius 2 is 2.08 bits per heavy atom. The van der Waals surface area contributed by atoms with Crippen LogP contribution in [0.4, 0.5) is 0 Å². The highest BCUT2D eigenvalue weighted by Gasteiger charge is 1.92. The van der Waals surface area contributed by atoms with Gasteiger partial charge in [-0.05, 0) is 18.2 Å². The van der Waals surface area contributed by atoms with Gasteiger partial charge in [0.2, 0.25) is 0 Å². The molecular weight excluding hydrogens is 220 g/mol. The second kappa shape index (κ2) is 10.7. The standard InChI is InChI=1S/C9H18OS3/c1-3-6-11-12-7-5-9-13(10)8-4-2/h5,7H,3-4,6,8-9H2,1-2H3/b7-5+. The molecule has 0 spiro atoms. The molecule has 13 heavy (non-hydrogen) atoms. The molecule has 0 saturated heterocycles. The van der Waals surface area contributed by atoms with Gasteiger partial charge in [0.15, 0.2) is 0 Å². The molecule has 0 heterocycles. The molecule has 0 rings (SSSR count). The lowest BCUT2D eigenvalue weighted by molar-refractivity contribution is 0.684. The highest BCUT2D eigenvalue weighted by atomic mass is 33.1. The molecule has 1 atom stereocenters. The van der Waals surface area contributed by atoms with E-state index in [1.165, 1.54) is 12.2 Å². The summed E-state index contributed by atoms with van der Waals surface area (Å²) in [4.78, 5) is 0. The Morgan fingerprint density at radius 1 is 1.31 bits per heavy atom.